The van der Waals surface area contributed by atoms with Gasteiger partial charge in [-0.2, -0.15) is 5.10 Å². The quantitative estimate of drug-likeness (QED) is 0.625. The van der Waals surface area contributed by atoms with Gasteiger partial charge in [0.25, 0.3) is 5.69 Å². The molecule has 0 radical (unpaired) electrons. The summed E-state index contributed by atoms with van der Waals surface area (Å²) in [4.78, 5) is 10.5. The summed E-state index contributed by atoms with van der Waals surface area (Å²) < 4.78 is 5.52. The third-order valence-electron chi connectivity index (χ3n) is 2.52. The number of hydrogen-bond acceptors (Lipinski definition) is 5. The number of rotatable bonds is 6. The number of aromatic nitrogens is 2. The molecule has 0 saturated heterocycles. The third-order valence-corrected chi connectivity index (χ3v) is 2.52. The lowest BCUT2D eigenvalue weighted by molar-refractivity contribution is -0.384. The maximum Gasteiger partial charge on any atom is 0.275 e. The summed E-state index contributed by atoms with van der Waals surface area (Å²) in [5.74, 6) is 0.473. The van der Waals surface area contributed by atoms with E-state index in [2.05, 4.69) is 15.5 Å². The third kappa shape index (κ3) is 3.71. The second kappa shape index (κ2) is 6.05. The Bertz CT molecular complexity index is 581. The average Bonchev–Trinajstić information content (AvgIpc) is 2.88. The molecule has 7 nitrogen and oxygen atoms in total. The van der Waals surface area contributed by atoms with Crippen molar-refractivity contribution in [1.29, 1.82) is 0 Å². The van der Waals surface area contributed by atoms with Gasteiger partial charge in [-0.25, -0.2) is 0 Å². The molecule has 0 aliphatic carbocycles. The van der Waals surface area contributed by atoms with E-state index < -0.39 is 4.92 Å². The van der Waals surface area contributed by atoms with Gasteiger partial charge in [0.1, 0.15) is 5.75 Å². The summed E-state index contributed by atoms with van der Waals surface area (Å²) >= 11 is 0. The normalized spacial score (nSPS) is 10.6. The Kier molecular flexibility index (Phi) is 4.19. The van der Waals surface area contributed by atoms with E-state index in [4.69, 9.17) is 4.74 Å². The second-order valence-electron chi connectivity index (χ2n) is 4.57. The van der Waals surface area contributed by atoms with E-state index in [1.54, 1.807) is 12.3 Å². The molecule has 0 atom stereocenters. The highest BCUT2D eigenvalue weighted by molar-refractivity contribution is 5.56. The number of non-ortho nitro benzene ring substituents is 1. The molecule has 0 aliphatic heterocycles. The molecule has 0 aliphatic rings. The maximum atomic E-state index is 10.9. The highest BCUT2D eigenvalue weighted by atomic mass is 16.6. The maximum absolute atomic E-state index is 10.9. The highest BCUT2D eigenvalue weighted by Gasteiger charge is 2.11. The van der Waals surface area contributed by atoms with Crippen LogP contribution in [0, 0.1) is 10.1 Å². The van der Waals surface area contributed by atoms with Gasteiger partial charge in [-0.05, 0) is 19.9 Å². The predicted octanol–water partition coefficient (Wildman–Crippen LogP) is 2.72. The molecule has 0 amide bonds. The zero-order valence-corrected chi connectivity index (χ0v) is 11.3. The minimum Gasteiger partial charge on any atom is -0.491 e. The van der Waals surface area contributed by atoms with Crippen LogP contribution in [-0.2, 0) is 6.54 Å². The van der Waals surface area contributed by atoms with Crippen LogP contribution in [0.2, 0.25) is 0 Å². The predicted molar refractivity (Wildman–Crippen MR) is 74.8 cm³/mol. The number of nitro benzene ring substituents is 1. The van der Waals surface area contributed by atoms with Gasteiger partial charge in [0.05, 0.1) is 29.3 Å². The summed E-state index contributed by atoms with van der Waals surface area (Å²) in [5.41, 5.74) is 1.52. The van der Waals surface area contributed by atoms with E-state index in [1.165, 1.54) is 12.1 Å². The van der Waals surface area contributed by atoms with Gasteiger partial charge in [-0.3, -0.25) is 15.2 Å². The first-order valence-corrected chi connectivity index (χ1v) is 6.23. The first kappa shape index (κ1) is 13.9. The number of ether oxygens (including phenoxy) is 1. The number of anilines is 1. The molecule has 1 heterocycles. The number of H-pyrrole nitrogens is 1. The Morgan fingerprint density at radius 3 is 2.85 bits per heavy atom. The lowest BCUT2D eigenvalue weighted by Gasteiger charge is -2.12. The molecule has 7 heteroatoms. The summed E-state index contributed by atoms with van der Waals surface area (Å²) in [7, 11) is 0. The highest BCUT2D eigenvalue weighted by Crippen LogP contribution is 2.27. The van der Waals surface area contributed by atoms with Gasteiger partial charge in [0.15, 0.2) is 0 Å². The largest absolute Gasteiger partial charge is 0.491 e. The molecule has 2 aromatic rings. The standard InChI is InChI=1S/C13H16N4O3/c1-9(2)20-13-6-11(5-12(7-13)17(18)19)14-8-10-3-4-15-16-10/h3-7,9,14H,8H2,1-2H3,(H,15,16). The van der Waals surface area contributed by atoms with Crippen molar-refractivity contribution in [1.82, 2.24) is 10.2 Å². The van der Waals surface area contributed by atoms with E-state index in [0.717, 1.165) is 5.69 Å². The van der Waals surface area contributed by atoms with Crippen LogP contribution < -0.4 is 10.1 Å². The van der Waals surface area contributed by atoms with E-state index in [0.29, 0.717) is 18.0 Å². The molecule has 20 heavy (non-hydrogen) atoms. The summed E-state index contributed by atoms with van der Waals surface area (Å²) in [5, 5.41) is 20.7. The number of aromatic amines is 1. The monoisotopic (exact) mass is 276 g/mol. The van der Waals surface area contributed by atoms with Gasteiger partial charge >= 0.3 is 0 Å². The van der Waals surface area contributed by atoms with Crippen molar-refractivity contribution >= 4 is 11.4 Å². The van der Waals surface area contributed by atoms with E-state index >= 15 is 0 Å². The summed E-state index contributed by atoms with van der Waals surface area (Å²) in [6.07, 6.45) is 1.61. The molecule has 0 bridgehead atoms. The molecular formula is C13H16N4O3. The van der Waals surface area contributed by atoms with Crippen LogP contribution in [-0.4, -0.2) is 21.2 Å². The summed E-state index contributed by atoms with van der Waals surface area (Å²) in [6, 6.07) is 6.46. The molecule has 2 N–H and O–H groups in total. The van der Waals surface area contributed by atoms with Gasteiger partial charge in [-0.1, -0.05) is 0 Å². The molecule has 1 aromatic heterocycles. The fourth-order valence-corrected chi connectivity index (χ4v) is 1.71. The van der Waals surface area contributed by atoms with Crippen LogP contribution >= 0.6 is 0 Å². The number of nitrogens with one attached hydrogen (secondary N) is 2. The van der Waals surface area contributed by atoms with Crippen molar-refractivity contribution in [2.75, 3.05) is 5.32 Å². The molecule has 2 rings (SSSR count). The smallest absolute Gasteiger partial charge is 0.275 e. The zero-order valence-electron chi connectivity index (χ0n) is 11.3. The molecule has 0 fully saturated rings. The Hall–Kier alpha value is -2.57. The Balaban J connectivity index is 2.17. The number of nitrogens with zero attached hydrogens (tertiary/aromatic N) is 2. The Labute approximate surface area is 116 Å². The van der Waals surface area contributed by atoms with Crippen LogP contribution in [0.15, 0.2) is 30.5 Å². The Morgan fingerprint density at radius 1 is 1.45 bits per heavy atom. The number of hydrogen-bond donors (Lipinski definition) is 2. The van der Waals surface area contributed by atoms with Crippen molar-refractivity contribution < 1.29 is 9.66 Å². The van der Waals surface area contributed by atoms with Crippen molar-refractivity contribution in [3.8, 4) is 5.75 Å². The number of nitro groups is 1. The number of benzene rings is 1. The molecule has 1 aromatic carbocycles. The molecule has 0 spiro atoms. The van der Waals surface area contributed by atoms with Gasteiger partial charge in [0, 0.05) is 24.0 Å². The van der Waals surface area contributed by atoms with Crippen LogP contribution in [0.1, 0.15) is 19.5 Å². The molecule has 0 saturated carbocycles. The van der Waals surface area contributed by atoms with Crippen molar-refractivity contribution in [2.24, 2.45) is 0 Å². The van der Waals surface area contributed by atoms with Crippen LogP contribution in [0.4, 0.5) is 11.4 Å². The molecule has 106 valence electrons. The van der Waals surface area contributed by atoms with Gasteiger partial charge < -0.3 is 10.1 Å². The van der Waals surface area contributed by atoms with E-state index in [-0.39, 0.29) is 11.8 Å². The van der Waals surface area contributed by atoms with Gasteiger partial charge in [-0.15, -0.1) is 0 Å². The SMILES string of the molecule is CC(C)Oc1cc(NCc2ccn[nH]2)cc([N+](=O)[O-])c1. The average molecular weight is 276 g/mol. The fourth-order valence-electron chi connectivity index (χ4n) is 1.71. The minimum atomic E-state index is -0.436. The lowest BCUT2D eigenvalue weighted by atomic mass is 10.2. The van der Waals surface area contributed by atoms with Crippen molar-refractivity contribution in [2.45, 2.75) is 26.5 Å². The molecule has 0 unspecified atom stereocenters. The second-order valence-corrected chi connectivity index (χ2v) is 4.57. The summed E-state index contributed by atoms with van der Waals surface area (Å²) in [6.45, 7) is 4.25. The van der Waals surface area contributed by atoms with Crippen LogP contribution in [0.5, 0.6) is 5.75 Å². The van der Waals surface area contributed by atoms with Crippen molar-refractivity contribution in [3.63, 3.8) is 0 Å². The van der Waals surface area contributed by atoms with E-state index in [9.17, 15) is 10.1 Å². The van der Waals surface area contributed by atoms with Crippen LogP contribution in [0.25, 0.3) is 0 Å². The first-order valence-electron chi connectivity index (χ1n) is 6.23. The molecular weight excluding hydrogens is 260 g/mol. The zero-order chi connectivity index (χ0) is 14.5. The minimum absolute atomic E-state index is 0.00439. The van der Waals surface area contributed by atoms with Crippen LogP contribution in [0.3, 0.4) is 0 Å². The Morgan fingerprint density at radius 2 is 2.25 bits per heavy atom. The van der Waals surface area contributed by atoms with Gasteiger partial charge in [0.2, 0.25) is 0 Å². The first-order chi connectivity index (χ1) is 9.54. The lowest BCUT2D eigenvalue weighted by Crippen LogP contribution is -2.07. The van der Waals surface area contributed by atoms with Crippen molar-refractivity contribution in [3.05, 3.63) is 46.3 Å². The van der Waals surface area contributed by atoms with E-state index in [1.807, 2.05) is 19.9 Å². The topological polar surface area (TPSA) is 93.1 Å². The fraction of sp³-hybridized carbons (Fsp3) is 0.308.